The molecule has 0 fully saturated rings. The number of benzene rings is 2. The van der Waals surface area contributed by atoms with E-state index in [2.05, 4.69) is 9.71 Å². The topological polar surface area (TPSA) is 105 Å². The van der Waals surface area contributed by atoms with Crippen molar-refractivity contribution in [3.8, 4) is 0 Å². The summed E-state index contributed by atoms with van der Waals surface area (Å²) in [7, 11) is -3.86. The van der Waals surface area contributed by atoms with Crippen LogP contribution in [0.15, 0.2) is 60.7 Å². The number of carbonyl (C=O) groups excluding carboxylic acids is 1. The summed E-state index contributed by atoms with van der Waals surface area (Å²) in [4.78, 5) is 15.3. The molecular weight excluding hydrogens is 369 g/mol. The van der Waals surface area contributed by atoms with Crippen molar-refractivity contribution in [2.75, 3.05) is 4.72 Å². The molecule has 4 N–H and O–H groups in total. The second kappa shape index (κ2) is 7.34. The highest BCUT2D eigenvalue weighted by Crippen LogP contribution is 2.28. The summed E-state index contributed by atoms with van der Waals surface area (Å²) in [6.45, 7) is 1.79. The number of rotatable bonds is 6. The lowest BCUT2D eigenvalue weighted by Crippen LogP contribution is -2.21. The summed E-state index contributed by atoms with van der Waals surface area (Å²) in [5, 5.41) is 4.93. The molecule has 0 aliphatic heterocycles. The minimum Gasteiger partial charge on any atom is -0.353 e. The number of hydrogen-bond acceptors (Lipinski definition) is 3. The van der Waals surface area contributed by atoms with E-state index < -0.39 is 16.0 Å². The molecule has 0 spiro atoms. The summed E-state index contributed by atoms with van der Waals surface area (Å²) in [6, 6.07) is 16.2. The molecule has 6 nitrogen and oxygen atoms in total. The number of hydrogen-bond donors (Lipinski definition) is 3. The predicted octanol–water partition coefficient (Wildman–Crippen LogP) is 3.15. The van der Waals surface area contributed by atoms with Gasteiger partial charge in [0.1, 0.15) is 5.82 Å². The molecule has 0 aliphatic rings. The van der Waals surface area contributed by atoms with E-state index >= 15 is 0 Å². The van der Waals surface area contributed by atoms with E-state index in [9.17, 15) is 17.6 Å². The van der Waals surface area contributed by atoms with Crippen molar-refractivity contribution in [1.82, 2.24) is 4.98 Å². The molecule has 0 saturated heterocycles. The van der Waals surface area contributed by atoms with Crippen LogP contribution in [-0.2, 0) is 10.2 Å². The first-order valence-corrected chi connectivity index (χ1v) is 9.68. The number of nitrogens with one attached hydrogen (secondary N) is 2. The third-order valence-electron chi connectivity index (χ3n) is 4.18. The van der Waals surface area contributed by atoms with Crippen LogP contribution in [0.5, 0.6) is 0 Å². The molecule has 0 radical (unpaired) electrons. The zero-order valence-electron chi connectivity index (χ0n) is 14.4. The van der Waals surface area contributed by atoms with Crippen LogP contribution >= 0.6 is 0 Å². The maximum Gasteiger partial charge on any atom is 0.296 e. The summed E-state index contributed by atoms with van der Waals surface area (Å²) in [5.74, 6) is -1.17. The molecule has 3 aromatic rings. The Morgan fingerprint density at radius 1 is 1.11 bits per heavy atom. The fourth-order valence-electron chi connectivity index (χ4n) is 2.80. The van der Waals surface area contributed by atoms with Crippen LogP contribution in [0.2, 0.25) is 0 Å². The van der Waals surface area contributed by atoms with Gasteiger partial charge in [-0.05, 0) is 17.7 Å². The zero-order chi connectivity index (χ0) is 19.6. The van der Waals surface area contributed by atoms with Crippen LogP contribution in [-0.4, -0.2) is 19.2 Å². The summed E-state index contributed by atoms with van der Waals surface area (Å²) >= 11 is 0. The molecule has 1 atom stereocenters. The van der Waals surface area contributed by atoms with E-state index in [1.165, 1.54) is 18.2 Å². The number of carbonyl (C=O) groups is 1. The Kier molecular flexibility index (Phi) is 5.11. The normalized spacial score (nSPS) is 12.6. The van der Waals surface area contributed by atoms with Gasteiger partial charge in [0, 0.05) is 23.2 Å². The molecule has 0 bridgehead atoms. The fraction of sp³-hybridized carbons (Fsp3) is 0.105. The molecule has 3 rings (SSSR count). The number of anilines is 1. The van der Waals surface area contributed by atoms with Crippen molar-refractivity contribution in [3.63, 3.8) is 0 Å². The minimum absolute atomic E-state index is 0.174. The van der Waals surface area contributed by atoms with Crippen LogP contribution in [0.4, 0.5) is 10.1 Å². The molecule has 27 heavy (non-hydrogen) atoms. The molecule has 0 amide bonds. The lowest BCUT2D eigenvalue weighted by molar-refractivity contribution is 0.103. The van der Waals surface area contributed by atoms with E-state index in [1.54, 1.807) is 49.4 Å². The van der Waals surface area contributed by atoms with Gasteiger partial charge in [-0.2, -0.15) is 8.42 Å². The molecule has 0 aliphatic carbocycles. The molecule has 8 heteroatoms. The predicted molar refractivity (Wildman–Crippen MR) is 101 cm³/mol. The van der Waals surface area contributed by atoms with Crippen molar-refractivity contribution in [2.45, 2.75) is 12.8 Å². The Morgan fingerprint density at radius 3 is 2.33 bits per heavy atom. The lowest BCUT2D eigenvalue weighted by Gasteiger charge is -2.12. The average Bonchev–Trinajstić information content (AvgIpc) is 3.02. The van der Waals surface area contributed by atoms with Crippen LogP contribution in [0.1, 0.15) is 40.2 Å². The van der Waals surface area contributed by atoms with Gasteiger partial charge in [0.05, 0.1) is 11.4 Å². The van der Waals surface area contributed by atoms with Crippen LogP contribution < -0.4 is 9.86 Å². The van der Waals surface area contributed by atoms with Gasteiger partial charge in [0.2, 0.25) is 5.78 Å². The Bertz CT molecular complexity index is 1060. The fourth-order valence-corrected chi connectivity index (χ4v) is 3.26. The molecule has 140 valence electrons. The maximum absolute atomic E-state index is 14.4. The highest BCUT2D eigenvalue weighted by molar-refractivity contribution is 7.90. The third-order valence-corrected chi connectivity index (χ3v) is 4.70. The third kappa shape index (κ3) is 4.42. The van der Waals surface area contributed by atoms with Crippen molar-refractivity contribution in [1.29, 1.82) is 0 Å². The van der Waals surface area contributed by atoms with E-state index in [0.29, 0.717) is 11.3 Å². The second-order valence-electron chi connectivity index (χ2n) is 6.13. The van der Waals surface area contributed by atoms with E-state index in [1.807, 2.05) is 0 Å². The average molecular weight is 387 g/mol. The van der Waals surface area contributed by atoms with Crippen molar-refractivity contribution in [2.24, 2.45) is 5.14 Å². The molecular formula is C19H18FN3O3S. The number of ketones is 1. The summed E-state index contributed by atoms with van der Waals surface area (Å²) in [6.07, 6.45) is 0. The van der Waals surface area contributed by atoms with Crippen LogP contribution in [0.25, 0.3) is 0 Å². The van der Waals surface area contributed by atoms with Crippen LogP contribution in [0.3, 0.4) is 0 Å². The van der Waals surface area contributed by atoms with Gasteiger partial charge in [0.25, 0.3) is 10.2 Å². The Morgan fingerprint density at radius 2 is 1.74 bits per heavy atom. The Hall–Kier alpha value is -2.97. The first-order chi connectivity index (χ1) is 12.7. The SMILES string of the molecule is CC(c1ccc(NS(N)(=O)=O)cc1)c1[nH]c(C(=O)c2ccccc2)cc1F. The van der Waals surface area contributed by atoms with Crippen LogP contribution in [0, 0.1) is 5.82 Å². The van der Waals surface area contributed by atoms with Crippen molar-refractivity contribution < 1.29 is 17.6 Å². The molecule has 0 saturated carbocycles. The molecule has 1 aromatic heterocycles. The second-order valence-corrected chi connectivity index (χ2v) is 7.42. The zero-order valence-corrected chi connectivity index (χ0v) is 15.3. The summed E-state index contributed by atoms with van der Waals surface area (Å²) in [5.41, 5.74) is 1.97. The van der Waals surface area contributed by atoms with E-state index in [-0.39, 0.29) is 23.1 Å². The highest BCUT2D eigenvalue weighted by atomic mass is 32.2. The van der Waals surface area contributed by atoms with Gasteiger partial charge in [-0.3, -0.25) is 9.52 Å². The number of aromatic nitrogens is 1. The lowest BCUT2D eigenvalue weighted by atomic mass is 9.97. The summed E-state index contributed by atoms with van der Waals surface area (Å²) < 4.78 is 38.7. The van der Waals surface area contributed by atoms with Gasteiger partial charge in [-0.1, -0.05) is 49.4 Å². The van der Waals surface area contributed by atoms with Gasteiger partial charge in [0.15, 0.2) is 0 Å². The maximum atomic E-state index is 14.4. The quantitative estimate of drug-likeness (QED) is 0.566. The Labute approximate surface area is 156 Å². The van der Waals surface area contributed by atoms with E-state index in [4.69, 9.17) is 5.14 Å². The van der Waals surface area contributed by atoms with Gasteiger partial charge >= 0.3 is 0 Å². The van der Waals surface area contributed by atoms with Crippen molar-refractivity contribution >= 4 is 21.7 Å². The number of halogens is 1. The Balaban J connectivity index is 1.84. The number of H-pyrrole nitrogens is 1. The number of nitrogens with two attached hydrogens (primary N) is 1. The monoisotopic (exact) mass is 387 g/mol. The first-order valence-electron chi connectivity index (χ1n) is 8.13. The van der Waals surface area contributed by atoms with Gasteiger partial charge < -0.3 is 4.98 Å². The standard InChI is InChI=1S/C19H18FN3O3S/c1-12(13-7-9-15(10-8-13)23-27(21,25)26)18-16(20)11-17(22-18)19(24)14-5-3-2-4-6-14/h2-12,22-23H,1H3,(H2,21,25,26). The minimum atomic E-state index is -3.86. The van der Waals surface area contributed by atoms with Gasteiger partial charge in [-0.15, -0.1) is 0 Å². The highest BCUT2D eigenvalue weighted by Gasteiger charge is 2.20. The van der Waals surface area contributed by atoms with Crippen molar-refractivity contribution in [3.05, 3.63) is 89.0 Å². The smallest absolute Gasteiger partial charge is 0.296 e. The first kappa shape index (κ1) is 18.8. The molecule has 2 aromatic carbocycles. The number of aromatic amines is 1. The molecule has 1 heterocycles. The van der Waals surface area contributed by atoms with Gasteiger partial charge in [-0.25, -0.2) is 9.53 Å². The molecule has 1 unspecified atom stereocenters. The largest absolute Gasteiger partial charge is 0.353 e. The van der Waals surface area contributed by atoms with E-state index in [0.717, 1.165) is 5.56 Å².